The number of hydrogen-bond donors (Lipinski definition) is 1. The van der Waals surface area contributed by atoms with Gasteiger partial charge in [0.05, 0.1) is 0 Å². The SMILES string of the molecule is Fc1cc(F)c(NCc2cccc3ccccc23)c(F)c1. The van der Waals surface area contributed by atoms with Crippen molar-refractivity contribution in [1.29, 1.82) is 0 Å². The quantitative estimate of drug-likeness (QED) is 0.724. The summed E-state index contributed by atoms with van der Waals surface area (Å²) in [5, 5.41) is 4.76. The summed E-state index contributed by atoms with van der Waals surface area (Å²) in [6.07, 6.45) is 0. The molecule has 0 saturated carbocycles. The standard InChI is InChI=1S/C17H12F3N/c18-13-8-15(19)17(16(20)9-13)21-10-12-6-3-5-11-4-1-2-7-14(11)12/h1-9,21H,10H2. The first kappa shape index (κ1) is 13.5. The number of rotatable bonds is 3. The summed E-state index contributed by atoms with van der Waals surface area (Å²) < 4.78 is 40.0. The van der Waals surface area contributed by atoms with Crippen molar-refractivity contribution >= 4 is 16.5 Å². The molecule has 1 nitrogen and oxygen atoms in total. The van der Waals surface area contributed by atoms with Crippen LogP contribution in [0.15, 0.2) is 54.6 Å². The van der Waals surface area contributed by atoms with Crippen molar-refractivity contribution in [3.8, 4) is 0 Å². The second-order valence-corrected chi connectivity index (χ2v) is 4.74. The molecule has 0 spiro atoms. The molecule has 0 aliphatic rings. The van der Waals surface area contributed by atoms with E-state index in [1.807, 2.05) is 42.5 Å². The molecular weight excluding hydrogens is 275 g/mol. The number of nitrogens with one attached hydrogen (secondary N) is 1. The van der Waals surface area contributed by atoms with E-state index in [1.165, 1.54) is 0 Å². The molecule has 0 bridgehead atoms. The van der Waals surface area contributed by atoms with Gasteiger partial charge in [0.2, 0.25) is 0 Å². The number of halogens is 3. The van der Waals surface area contributed by atoms with Gasteiger partial charge in [-0.25, -0.2) is 13.2 Å². The Balaban J connectivity index is 1.91. The molecule has 3 rings (SSSR count). The average Bonchev–Trinajstić information content (AvgIpc) is 2.46. The first-order valence-corrected chi connectivity index (χ1v) is 6.50. The Bertz CT molecular complexity index is 771. The molecule has 21 heavy (non-hydrogen) atoms. The van der Waals surface area contributed by atoms with E-state index in [1.54, 1.807) is 0 Å². The molecule has 0 unspecified atom stereocenters. The van der Waals surface area contributed by atoms with Gasteiger partial charge in [-0.2, -0.15) is 0 Å². The second-order valence-electron chi connectivity index (χ2n) is 4.74. The fourth-order valence-electron chi connectivity index (χ4n) is 2.34. The molecule has 0 aromatic heterocycles. The summed E-state index contributed by atoms with van der Waals surface area (Å²) in [5.74, 6) is -2.80. The Morgan fingerprint density at radius 1 is 0.810 bits per heavy atom. The summed E-state index contributed by atoms with van der Waals surface area (Å²) in [5.41, 5.74) is 0.598. The normalized spacial score (nSPS) is 10.8. The predicted octanol–water partition coefficient (Wildman–Crippen LogP) is 4.87. The van der Waals surface area contributed by atoms with Crippen molar-refractivity contribution in [3.63, 3.8) is 0 Å². The molecule has 0 fully saturated rings. The lowest BCUT2D eigenvalue weighted by Crippen LogP contribution is -2.05. The highest BCUT2D eigenvalue weighted by Crippen LogP contribution is 2.23. The van der Waals surface area contributed by atoms with Gasteiger partial charge in [0.1, 0.15) is 11.5 Å². The van der Waals surface area contributed by atoms with Gasteiger partial charge in [-0.1, -0.05) is 42.5 Å². The zero-order valence-electron chi connectivity index (χ0n) is 11.0. The van der Waals surface area contributed by atoms with Crippen LogP contribution in [-0.2, 0) is 6.54 Å². The minimum Gasteiger partial charge on any atom is -0.376 e. The van der Waals surface area contributed by atoms with Gasteiger partial charge in [-0.15, -0.1) is 0 Å². The highest BCUT2D eigenvalue weighted by Gasteiger charge is 2.11. The lowest BCUT2D eigenvalue weighted by atomic mass is 10.0. The van der Waals surface area contributed by atoms with Crippen LogP contribution in [0.2, 0.25) is 0 Å². The van der Waals surface area contributed by atoms with Crippen molar-refractivity contribution in [2.75, 3.05) is 5.32 Å². The molecule has 0 aliphatic carbocycles. The van der Waals surface area contributed by atoms with E-state index in [-0.39, 0.29) is 12.2 Å². The van der Waals surface area contributed by atoms with E-state index >= 15 is 0 Å². The summed E-state index contributed by atoms with van der Waals surface area (Å²) >= 11 is 0. The molecule has 0 heterocycles. The van der Waals surface area contributed by atoms with Crippen LogP contribution < -0.4 is 5.32 Å². The van der Waals surface area contributed by atoms with E-state index < -0.39 is 17.5 Å². The minimum atomic E-state index is -0.937. The van der Waals surface area contributed by atoms with Gasteiger partial charge in [-0.05, 0) is 16.3 Å². The van der Waals surface area contributed by atoms with Crippen LogP contribution in [0.25, 0.3) is 10.8 Å². The highest BCUT2D eigenvalue weighted by atomic mass is 19.1. The number of benzene rings is 3. The zero-order chi connectivity index (χ0) is 14.8. The van der Waals surface area contributed by atoms with Gasteiger partial charge in [0, 0.05) is 18.7 Å². The maximum absolute atomic E-state index is 13.6. The van der Waals surface area contributed by atoms with Crippen LogP contribution in [0.5, 0.6) is 0 Å². The van der Waals surface area contributed by atoms with Crippen LogP contribution in [0.4, 0.5) is 18.9 Å². The van der Waals surface area contributed by atoms with Gasteiger partial charge >= 0.3 is 0 Å². The molecule has 1 N–H and O–H groups in total. The van der Waals surface area contributed by atoms with Crippen molar-refractivity contribution in [2.24, 2.45) is 0 Å². The lowest BCUT2D eigenvalue weighted by molar-refractivity contribution is 0.547. The van der Waals surface area contributed by atoms with Gasteiger partial charge in [0.15, 0.2) is 11.6 Å². The first-order valence-electron chi connectivity index (χ1n) is 6.50. The third kappa shape index (κ3) is 2.70. The first-order chi connectivity index (χ1) is 10.1. The fourth-order valence-corrected chi connectivity index (χ4v) is 2.34. The number of hydrogen-bond acceptors (Lipinski definition) is 1. The molecule has 0 aliphatic heterocycles. The van der Waals surface area contributed by atoms with E-state index in [0.717, 1.165) is 16.3 Å². The molecule has 4 heteroatoms. The van der Waals surface area contributed by atoms with Gasteiger partial charge < -0.3 is 5.32 Å². The smallest absolute Gasteiger partial charge is 0.152 e. The van der Waals surface area contributed by atoms with Crippen molar-refractivity contribution in [3.05, 3.63) is 77.6 Å². The van der Waals surface area contributed by atoms with E-state index in [9.17, 15) is 13.2 Å². The molecule has 0 saturated heterocycles. The third-order valence-electron chi connectivity index (χ3n) is 3.34. The third-order valence-corrected chi connectivity index (χ3v) is 3.34. The Labute approximate surface area is 120 Å². The lowest BCUT2D eigenvalue weighted by Gasteiger charge is -2.11. The molecular formula is C17H12F3N. The van der Waals surface area contributed by atoms with Crippen LogP contribution in [0.3, 0.4) is 0 Å². The number of fused-ring (bicyclic) bond motifs is 1. The van der Waals surface area contributed by atoms with Crippen LogP contribution in [0, 0.1) is 17.5 Å². The fraction of sp³-hybridized carbons (Fsp3) is 0.0588. The Kier molecular flexibility index (Phi) is 3.52. The van der Waals surface area contributed by atoms with Crippen LogP contribution in [0.1, 0.15) is 5.56 Å². The summed E-state index contributed by atoms with van der Waals surface area (Å²) in [6, 6.07) is 14.8. The number of anilines is 1. The summed E-state index contributed by atoms with van der Waals surface area (Å²) in [7, 11) is 0. The van der Waals surface area contributed by atoms with Gasteiger partial charge in [-0.3, -0.25) is 0 Å². The molecule has 0 atom stereocenters. The monoisotopic (exact) mass is 287 g/mol. The van der Waals surface area contributed by atoms with E-state index in [0.29, 0.717) is 12.1 Å². The van der Waals surface area contributed by atoms with Crippen molar-refractivity contribution in [2.45, 2.75) is 6.54 Å². The molecule has 0 radical (unpaired) electrons. The summed E-state index contributed by atoms with van der Waals surface area (Å²) in [6.45, 7) is 0.251. The molecule has 3 aromatic carbocycles. The second kappa shape index (κ2) is 5.48. The van der Waals surface area contributed by atoms with Gasteiger partial charge in [0.25, 0.3) is 0 Å². The molecule has 0 amide bonds. The van der Waals surface area contributed by atoms with Crippen molar-refractivity contribution in [1.82, 2.24) is 0 Å². The molecule has 3 aromatic rings. The highest BCUT2D eigenvalue weighted by molar-refractivity contribution is 5.85. The van der Waals surface area contributed by atoms with E-state index in [2.05, 4.69) is 5.32 Å². The maximum Gasteiger partial charge on any atom is 0.152 e. The van der Waals surface area contributed by atoms with Crippen molar-refractivity contribution < 1.29 is 13.2 Å². The Morgan fingerprint density at radius 2 is 1.48 bits per heavy atom. The predicted molar refractivity (Wildman–Crippen MR) is 77.6 cm³/mol. The maximum atomic E-state index is 13.6. The minimum absolute atomic E-state index is 0.251. The zero-order valence-corrected chi connectivity index (χ0v) is 11.0. The Morgan fingerprint density at radius 3 is 2.24 bits per heavy atom. The topological polar surface area (TPSA) is 12.0 Å². The Hall–Kier alpha value is -2.49. The van der Waals surface area contributed by atoms with E-state index in [4.69, 9.17) is 0 Å². The summed E-state index contributed by atoms with van der Waals surface area (Å²) in [4.78, 5) is 0. The molecule has 106 valence electrons. The average molecular weight is 287 g/mol. The van der Waals surface area contributed by atoms with Crippen LogP contribution in [-0.4, -0.2) is 0 Å². The largest absolute Gasteiger partial charge is 0.376 e. The van der Waals surface area contributed by atoms with Crippen LogP contribution >= 0.6 is 0 Å².